The minimum absolute atomic E-state index is 0.555. The molecule has 0 radical (unpaired) electrons. The SMILES string of the molecule is C#Cc1cc(OCC2CCOCC2)cc(OCC2CCOCC2)c1. The van der Waals surface area contributed by atoms with Crippen LogP contribution in [0, 0.1) is 24.2 Å². The van der Waals surface area contributed by atoms with E-state index in [9.17, 15) is 0 Å². The van der Waals surface area contributed by atoms with Crippen molar-refractivity contribution in [2.45, 2.75) is 25.7 Å². The number of hydrogen-bond donors (Lipinski definition) is 0. The molecule has 2 fully saturated rings. The Morgan fingerprint density at radius 3 is 1.71 bits per heavy atom. The van der Waals surface area contributed by atoms with E-state index < -0.39 is 0 Å². The van der Waals surface area contributed by atoms with Gasteiger partial charge in [-0.3, -0.25) is 0 Å². The number of benzene rings is 1. The molecule has 0 atom stereocenters. The molecule has 0 amide bonds. The van der Waals surface area contributed by atoms with Crippen molar-refractivity contribution in [3.8, 4) is 23.8 Å². The molecule has 0 N–H and O–H groups in total. The van der Waals surface area contributed by atoms with E-state index in [-0.39, 0.29) is 0 Å². The van der Waals surface area contributed by atoms with Crippen molar-refractivity contribution in [2.75, 3.05) is 39.6 Å². The van der Waals surface area contributed by atoms with Gasteiger partial charge in [0, 0.05) is 38.1 Å². The summed E-state index contributed by atoms with van der Waals surface area (Å²) in [4.78, 5) is 0. The standard InChI is InChI=1S/C20H26O4/c1-2-16-11-19(23-14-17-3-7-21-8-4-17)13-20(12-16)24-15-18-5-9-22-10-6-18/h1,11-13,17-18H,3-10,14-15H2. The summed E-state index contributed by atoms with van der Waals surface area (Å²) in [7, 11) is 0. The third-order valence-electron chi connectivity index (χ3n) is 4.70. The van der Waals surface area contributed by atoms with E-state index in [4.69, 9.17) is 25.4 Å². The Balaban J connectivity index is 1.56. The molecule has 0 aromatic heterocycles. The van der Waals surface area contributed by atoms with Crippen molar-refractivity contribution in [1.82, 2.24) is 0 Å². The van der Waals surface area contributed by atoms with Gasteiger partial charge in [0.2, 0.25) is 0 Å². The van der Waals surface area contributed by atoms with Gasteiger partial charge in [-0.05, 0) is 49.7 Å². The van der Waals surface area contributed by atoms with Gasteiger partial charge in [-0.25, -0.2) is 0 Å². The van der Waals surface area contributed by atoms with Gasteiger partial charge in [0.25, 0.3) is 0 Å². The van der Waals surface area contributed by atoms with Gasteiger partial charge >= 0.3 is 0 Å². The molecular weight excluding hydrogens is 304 g/mol. The van der Waals surface area contributed by atoms with Crippen LogP contribution in [-0.4, -0.2) is 39.6 Å². The third-order valence-corrected chi connectivity index (χ3v) is 4.70. The molecule has 2 saturated heterocycles. The van der Waals surface area contributed by atoms with E-state index in [1.54, 1.807) is 0 Å². The molecule has 1 aromatic rings. The average Bonchev–Trinajstić information content (AvgIpc) is 2.66. The minimum atomic E-state index is 0.555. The Labute approximate surface area is 144 Å². The highest BCUT2D eigenvalue weighted by Crippen LogP contribution is 2.26. The van der Waals surface area contributed by atoms with Gasteiger partial charge in [-0.15, -0.1) is 6.42 Å². The van der Waals surface area contributed by atoms with Crippen molar-refractivity contribution < 1.29 is 18.9 Å². The van der Waals surface area contributed by atoms with Crippen LogP contribution < -0.4 is 9.47 Å². The van der Waals surface area contributed by atoms with E-state index in [0.29, 0.717) is 25.0 Å². The Kier molecular flexibility index (Phi) is 6.40. The number of ether oxygens (including phenoxy) is 4. The second kappa shape index (κ2) is 8.96. The minimum Gasteiger partial charge on any atom is -0.493 e. The summed E-state index contributed by atoms with van der Waals surface area (Å²) in [6, 6.07) is 5.75. The zero-order valence-corrected chi connectivity index (χ0v) is 14.2. The van der Waals surface area contributed by atoms with Gasteiger partial charge in [-0.2, -0.15) is 0 Å². The lowest BCUT2D eigenvalue weighted by molar-refractivity contribution is 0.0486. The second-order valence-electron chi connectivity index (χ2n) is 6.57. The first kappa shape index (κ1) is 17.1. The molecule has 0 bridgehead atoms. The summed E-state index contributed by atoms with van der Waals surface area (Å²) in [5.41, 5.74) is 0.793. The largest absolute Gasteiger partial charge is 0.493 e. The Morgan fingerprint density at radius 1 is 0.833 bits per heavy atom. The van der Waals surface area contributed by atoms with E-state index >= 15 is 0 Å². The molecule has 4 nitrogen and oxygen atoms in total. The maximum absolute atomic E-state index is 5.97. The zero-order chi connectivity index (χ0) is 16.6. The van der Waals surface area contributed by atoms with Crippen LogP contribution in [0.2, 0.25) is 0 Å². The van der Waals surface area contributed by atoms with Gasteiger partial charge in [0.1, 0.15) is 11.5 Å². The van der Waals surface area contributed by atoms with E-state index in [0.717, 1.165) is 69.2 Å². The van der Waals surface area contributed by atoms with E-state index in [2.05, 4.69) is 5.92 Å². The molecule has 3 rings (SSSR count). The summed E-state index contributed by atoms with van der Waals surface area (Å²) < 4.78 is 22.7. The number of hydrogen-bond acceptors (Lipinski definition) is 4. The summed E-state index contributed by atoms with van der Waals surface area (Å²) in [5.74, 6) is 5.38. The maximum Gasteiger partial charge on any atom is 0.124 e. The van der Waals surface area contributed by atoms with E-state index in [1.807, 2.05) is 18.2 Å². The van der Waals surface area contributed by atoms with Crippen molar-refractivity contribution in [2.24, 2.45) is 11.8 Å². The zero-order valence-electron chi connectivity index (χ0n) is 14.2. The van der Waals surface area contributed by atoms with Gasteiger partial charge in [0.05, 0.1) is 13.2 Å². The van der Waals surface area contributed by atoms with Crippen LogP contribution in [0.3, 0.4) is 0 Å². The summed E-state index contributed by atoms with van der Waals surface area (Å²) in [6.07, 6.45) is 9.80. The van der Waals surface area contributed by atoms with Crippen molar-refractivity contribution in [1.29, 1.82) is 0 Å². The first-order valence-electron chi connectivity index (χ1n) is 8.86. The van der Waals surface area contributed by atoms with Crippen molar-refractivity contribution >= 4 is 0 Å². The predicted octanol–water partition coefficient (Wildman–Crippen LogP) is 3.28. The van der Waals surface area contributed by atoms with Crippen LogP contribution in [-0.2, 0) is 9.47 Å². The Morgan fingerprint density at radius 2 is 1.29 bits per heavy atom. The monoisotopic (exact) mass is 330 g/mol. The van der Waals surface area contributed by atoms with Crippen LogP contribution in [0.15, 0.2) is 18.2 Å². The predicted molar refractivity (Wildman–Crippen MR) is 92.5 cm³/mol. The lowest BCUT2D eigenvalue weighted by Gasteiger charge is -2.23. The molecule has 0 aliphatic carbocycles. The molecule has 24 heavy (non-hydrogen) atoms. The lowest BCUT2D eigenvalue weighted by atomic mass is 10.0. The topological polar surface area (TPSA) is 36.9 Å². The number of rotatable bonds is 6. The first-order chi connectivity index (χ1) is 11.8. The molecule has 2 heterocycles. The van der Waals surface area contributed by atoms with Crippen LogP contribution >= 0.6 is 0 Å². The van der Waals surface area contributed by atoms with Crippen LogP contribution in [0.4, 0.5) is 0 Å². The third kappa shape index (κ3) is 5.15. The maximum atomic E-state index is 5.97. The van der Waals surface area contributed by atoms with Crippen molar-refractivity contribution in [3.05, 3.63) is 23.8 Å². The van der Waals surface area contributed by atoms with Crippen LogP contribution in [0.25, 0.3) is 0 Å². The normalized spacial score (nSPS) is 19.6. The molecule has 0 unspecified atom stereocenters. The Hall–Kier alpha value is -1.70. The summed E-state index contributed by atoms with van der Waals surface area (Å²) in [6.45, 7) is 4.74. The molecule has 0 spiro atoms. The highest BCUT2D eigenvalue weighted by atomic mass is 16.5. The Bertz CT molecular complexity index is 511. The molecular formula is C20H26O4. The molecule has 2 aliphatic heterocycles. The first-order valence-corrected chi connectivity index (χ1v) is 8.86. The smallest absolute Gasteiger partial charge is 0.124 e. The highest BCUT2D eigenvalue weighted by Gasteiger charge is 2.16. The van der Waals surface area contributed by atoms with Gasteiger partial charge in [-0.1, -0.05) is 5.92 Å². The molecule has 130 valence electrons. The molecule has 1 aromatic carbocycles. The van der Waals surface area contributed by atoms with Crippen LogP contribution in [0.5, 0.6) is 11.5 Å². The average molecular weight is 330 g/mol. The fraction of sp³-hybridized carbons (Fsp3) is 0.600. The van der Waals surface area contributed by atoms with Gasteiger partial charge < -0.3 is 18.9 Å². The second-order valence-corrected chi connectivity index (χ2v) is 6.57. The quantitative estimate of drug-likeness (QED) is 0.750. The number of terminal acetylenes is 1. The fourth-order valence-electron chi connectivity index (χ4n) is 3.08. The highest BCUT2D eigenvalue weighted by molar-refractivity contribution is 5.45. The van der Waals surface area contributed by atoms with E-state index in [1.165, 1.54) is 0 Å². The van der Waals surface area contributed by atoms with Crippen LogP contribution in [0.1, 0.15) is 31.2 Å². The summed E-state index contributed by atoms with van der Waals surface area (Å²) in [5, 5.41) is 0. The fourth-order valence-corrected chi connectivity index (χ4v) is 3.08. The summed E-state index contributed by atoms with van der Waals surface area (Å²) >= 11 is 0. The molecule has 4 heteroatoms. The van der Waals surface area contributed by atoms with Gasteiger partial charge in [0.15, 0.2) is 0 Å². The lowest BCUT2D eigenvalue weighted by Crippen LogP contribution is -2.22. The molecule has 2 aliphatic rings. The van der Waals surface area contributed by atoms with Crippen molar-refractivity contribution in [3.63, 3.8) is 0 Å². The molecule has 0 saturated carbocycles.